The van der Waals surface area contributed by atoms with E-state index in [1.54, 1.807) is 0 Å². The fourth-order valence-corrected chi connectivity index (χ4v) is 6.71. The highest BCUT2D eigenvalue weighted by atomic mass is 15.0. The van der Waals surface area contributed by atoms with Gasteiger partial charge in [0.15, 0.2) is 0 Å². The standard InChI is InChI=1S/C40H25N3/c1-2-12-26(13-3-1)36-29-14-4-6-16-31(29)37(32-17-7-5-15-30(32)36)27-21-23-28(24-22-27)38-40-39(33-18-8-9-19-34(33)41-38)42-35-20-10-11-25-43(35)40/h1-25H. The van der Waals surface area contributed by atoms with Crippen LogP contribution in [0.5, 0.6) is 0 Å². The minimum Gasteiger partial charge on any atom is -0.298 e. The molecule has 3 heterocycles. The highest BCUT2D eigenvalue weighted by Crippen LogP contribution is 2.44. The highest BCUT2D eigenvalue weighted by molar-refractivity contribution is 6.21. The largest absolute Gasteiger partial charge is 0.298 e. The molecule has 3 heteroatoms. The highest BCUT2D eigenvalue weighted by Gasteiger charge is 2.18. The van der Waals surface area contributed by atoms with E-state index in [2.05, 4.69) is 138 Å². The molecule has 0 spiro atoms. The lowest BCUT2D eigenvalue weighted by Gasteiger charge is -2.18. The van der Waals surface area contributed by atoms with Crippen molar-refractivity contribution in [2.45, 2.75) is 0 Å². The number of nitrogens with zero attached hydrogens (tertiary/aromatic N) is 3. The van der Waals surface area contributed by atoms with Gasteiger partial charge in [-0.05, 0) is 62.0 Å². The van der Waals surface area contributed by atoms with Gasteiger partial charge >= 0.3 is 0 Å². The molecule has 0 fully saturated rings. The predicted octanol–water partition coefficient (Wildman–Crippen LogP) is 10.3. The average molecular weight is 548 g/mol. The average Bonchev–Trinajstić information content (AvgIpc) is 3.47. The Morgan fingerprint density at radius 1 is 0.395 bits per heavy atom. The first kappa shape index (κ1) is 23.9. The summed E-state index contributed by atoms with van der Waals surface area (Å²) in [6.07, 6.45) is 2.07. The second-order valence-electron chi connectivity index (χ2n) is 11.0. The van der Waals surface area contributed by atoms with Gasteiger partial charge in [-0.2, -0.15) is 0 Å². The summed E-state index contributed by atoms with van der Waals surface area (Å²) in [5, 5.41) is 6.09. The van der Waals surface area contributed by atoms with Gasteiger partial charge in [-0.1, -0.05) is 127 Å². The fraction of sp³-hybridized carbons (Fsp3) is 0. The SMILES string of the molecule is c1ccc(-c2c3ccccc3c(-c3ccc(-c4nc5ccccc5c5nc6ccccn6c45)cc3)c3ccccc23)cc1. The summed E-state index contributed by atoms with van der Waals surface area (Å²) in [4.78, 5) is 10.2. The fourth-order valence-electron chi connectivity index (χ4n) is 6.71. The van der Waals surface area contributed by atoms with Crippen molar-refractivity contribution in [2.75, 3.05) is 0 Å². The van der Waals surface area contributed by atoms with Gasteiger partial charge in [0.1, 0.15) is 11.2 Å². The molecule has 0 unspecified atom stereocenters. The lowest BCUT2D eigenvalue weighted by Crippen LogP contribution is -1.93. The van der Waals surface area contributed by atoms with E-state index in [0.29, 0.717) is 0 Å². The molecule has 6 aromatic carbocycles. The molecular weight excluding hydrogens is 522 g/mol. The van der Waals surface area contributed by atoms with Crippen LogP contribution in [0.2, 0.25) is 0 Å². The Labute approximate surface area is 248 Å². The third-order valence-electron chi connectivity index (χ3n) is 8.59. The van der Waals surface area contributed by atoms with Gasteiger partial charge in [0, 0.05) is 17.1 Å². The molecular formula is C40H25N3. The third-order valence-corrected chi connectivity index (χ3v) is 8.59. The number of hydrogen-bond donors (Lipinski definition) is 0. The van der Waals surface area contributed by atoms with Crippen LogP contribution < -0.4 is 0 Å². The minimum atomic E-state index is 0.921. The summed E-state index contributed by atoms with van der Waals surface area (Å²) < 4.78 is 2.15. The van der Waals surface area contributed by atoms with E-state index in [9.17, 15) is 0 Å². The van der Waals surface area contributed by atoms with Crippen molar-refractivity contribution < 1.29 is 0 Å². The van der Waals surface area contributed by atoms with E-state index in [1.165, 1.54) is 43.8 Å². The van der Waals surface area contributed by atoms with Crippen LogP contribution in [0.25, 0.3) is 82.6 Å². The summed E-state index contributed by atoms with van der Waals surface area (Å²) in [5.74, 6) is 0. The number of aromatic nitrogens is 3. The van der Waals surface area contributed by atoms with Crippen molar-refractivity contribution in [2.24, 2.45) is 0 Å². The number of pyridine rings is 2. The Bertz CT molecular complexity index is 2430. The van der Waals surface area contributed by atoms with Gasteiger partial charge in [-0.15, -0.1) is 0 Å². The minimum absolute atomic E-state index is 0.921. The Morgan fingerprint density at radius 2 is 0.907 bits per heavy atom. The Balaban J connectivity index is 1.29. The van der Waals surface area contributed by atoms with Crippen molar-refractivity contribution in [3.05, 3.63) is 152 Å². The van der Waals surface area contributed by atoms with Crippen LogP contribution in [-0.4, -0.2) is 14.4 Å². The number of benzene rings is 6. The van der Waals surface area contributed by atoms with Crippen LogP contribution in [0.4, 0.5) is 0 Å². The molecule has 43 heavy (non-hydrogen) atoms. The number of hydrogen-bond acceptors (Lipinski definition) is 2. The molecule has 9 rings (SSSR count). The van der Waals surface area contributed by atoms with Crippen molar-refractivity contribution in [3.63, 3.8) is 0 Å². The number of para-hydroxylation sites is 1. The van der Waals surface area contributed by atoms with Crippen molar-refractivity contribution >= 4 is 49.1 Å². The molecule has 0 radical (unpaired) electrons. The van der Waals surface area contributed by atoms with Gasteiger partial charge in [0.25, 0.3) is 0 Å². The molecule has 0 amide bonds. The molecule has 3 aromatic heterocycles. The van der Waals surface area contributed by atoms with E-state index in [0.717, 1.165) is 38.8 Å². The lowest BCUT2D eigenvalue weighted by atomic mass is 9.86. The number of fused-ring (bicyclic) bond motifs is 7. The molecule has 0 bridgehead atoms. The van der Waals surface area contributed by atoms with Gasteiger partial charge in [0.05, 0.1) is 16.7 Å². The molecule has 0 saturated heterocycles. The summed E-state index contributed by atoms with van der Waals surface area (Å²) in [5.41, 5.74) is 10.8. The monoisotopic (exact) mass is 547 g/mol. The second kappa shape index (κ2) is 9.37. The topological polar surface area (TPSA) is 30.2 Å². The second-order valence-corrected chi connectivity index (χ2v) is 11.0. The summed E-state index contributed by atoms with van der Waals surface area (Å²) >= 11 is 0. The van der Waals surface area contributed by atoms with Crippen molar-refractivity contribution in [1.29, 1.82) is 0 Å². The first-order chi connectivity index (χ1) is 21.3. The molecule has 0 aliphatic carbocycles. The van der Waals surface area contributed by atoms with Crippen molar-refractivity contribution in [3.8, 4) is 33.5 Å². The van der Waals surface area contributed by atoms with Gasteiger partial charge in [-0.25, -0.2) is 9.97 Å². The number of imidazole rings is 1. The molecule has 0 N–H and O–H groups in total. The van der Waals surface area contributed by atoms with Crippen LogP contribution in [0.1, 0.15) is 0 Å². The Kier molecular flexibility index (Phi) is 5.20. The molecule has 200 valence electrons. The van der Waals surface area contributed by atoms with E-state index in [1.807, 2.05) is 18.2 Å². The van der Waals surface area contributed by atoms with Crippen LogP contribution in [0, 0.1) is 0 Å². The Hall–Kier alpha value is -5.80. The molecule has 0 atom stereocenters. The zero-order chi connectivity index (χ0) is 28.3. The maximum absolute atomic E-state index is 5.18. The van der Waals surface area contributed by atoms with Crippen LogP contribution in [-0.2, 0) is 0 Å². The van der Waals surface area contributed by atoms with Gasteiger partial charge in [-0.3, -0.25) is 4.40 Å². The predicted molar refractivity (Wildman–Crippen MR) is 179 cm³/mol. The molecule has 0 aliphatic heterocycles. The van der Waals surface area contributed by atoms with E-state index in [-0.39, 0.29) is 0 Å². The van der Waals surface area contributed by atoms with Crippen molar-refractivity contribution in [1.82, 2.24) is 14.4 Å². The normalized spacial score (nSPS) is 11.7. The maximum atomic E-state index is 5.18. The molecule has 3 nitrogen and oxygen atoms in total. The summed E-state index contributed by atoms with van der Waals surface area (Å²) in [7, 11) is 0. The molecule has 0 saturated carbocycles. The zero-order valence-electron chi connectivity index (χ0n) is 23.3. The van der Waals surface area contributed by atoms with Gasteiger partial charge in [0.2, 0.25) is 0 Å². The van der Waals surface area contributed by atoms with Crippen LogP contribution >= 0.6 is 0 Å². The van der Waals surface area contributed by atoms with E-state index in [4.69, 9.17) is 9.97 Å². The smallest absolute Gasteiger partial charge is 0.137 e. The van der Waals surface area contributed by atoms with Gasteiger partial charge < -0.3 is 0 Å². The Morgan fingerprint density at radius 3 is 1.56 bits per heavy atom. The lowest BCUT2D eigenvalue weighted by molar-refractivity contribution is 1.22. The summed E-state index contributed by atoms with van der Waals surface area (Å²) in [6.45, 7) is 0. The maximum Gasteiger partial charge on any atom is 0.137 e. The van der Waals surface area contributed by atoms with E-state index >= 15 is 0 Å². The zero-order valence-corrected chi connectivity index (χ0v) is 23.3. The van der Waals surface area contributed by atoms with E-state index < -0.39 is 0 Å². The quantitative estimate of drug-likeness (QED) is 0.206. The van der Waals surface area contributed by atoms with Crippen LogP contribution in [0.15, 0.2) is 152 Å². The molecule has 9 aromatic rings. The summed E-state index contributed by atoms with van der Waals surface area (Å²) in [6, 6.07) is 51.6. The van der Waals surface area contributed by atoms with Crippen LogP contribution in [0.3, 0.4) is 0 Å². The first-order valence-electron chi connectivity index (χ1n) is 14.6. The molecule has 0 aliphatic rings. The number of rotatable bonds is 3. The first-order valence-corrected chi connectivity index (χ1v) is 14.6. The third kappa shape index (κ3) is 3.62.